The largest absolute Gasteiger partial charge is 0.366 e. The molecule has 0 aromatic heterocycles. The van der Waals surface area contributed by atoms with Crippen molar-refractivity contribution < 1.29 is 9.72 Å². The van der Waals surface area contributed by atoms with E-state index in [-0.39, 0.29) is 11.3 Å². The number of nitrogens with zero attached hydrogens (tertiary/aromatic N) is 2. The molecule has 1 atom stereocenters. The lowest BCUT2D eigenvalue weighted by atomic mass is 10.1. The molecule has 7 heteroatoms. The number of nitrogens with two attached hydrogens (primary N) is 2. The van der Waals surface area contributed by atoms with Gasteiger partial charge in [-0.25, -0.2) is 0 Å². The summed E-state index contributed by atoms with van der Waals surface area (Å²) in [6.07, 6.45) is 0.922. The molecule has 2 rings (SSSR count). The van der Waals surface area contributed by atoms with Gasteiger partial charge >= 0.3 is 0 Å². The average molecular weight is 264 g/mol. The van der Waals surface area contributed by atoms with Gasteiger partial charge in [0.05, 0.1) is 4.92 Å². The summed E-state index contributed by atoms with van der Waals surface area (Å²) in [7, 11) is 0. The molecular weight excluding hydrogens is 248 g/mol. The molecule has 0 spiro atoms. The van der Waals surface area contributed by atoms with E-state index in [0.717, 1.165) is 13.0 Å². The van der Waals surface area contributed by atoms with Crippen LogP contribution in [0.15, 0.2) is 18.2 Å². The first-order chi connectivity index (χ1) is 9.02. The van der Waals surface area contributed by atoms with Gasteiger partial charge in [0.2, 0.25) is 5.91 Å². The fourth-order valence-electron chi connectivity index (χ4n) is 2.33. The molecule has 1 heterocycles. The molecule has 102 valence electrons. The van der Waals surface area contributed by atoms with E-state index in [1.54, 1.807) is 6.07 Å². The molecule has 1 fully saturated rings. The maximum absolute atomic E-state index is 11.1. The van der Waals surface area contributed by atoms with Crippen molar-refractivity contribution in [2.75, 3.05) is 24.5 Å². The number of anilines is 1. The van der Waals surface area contributed by atoms with Crippen LogP contribution in [0.1, 0.15) is 16.8 Å². The second kappa shape index (κ2) is 5.23. The quantitative estimate of drug-likeness (QED) is 0.606. The number of carbonyl (C=O) groups is 1. The number of hydrogen-bond acceptors (Lipinski definition) is 5. The lowest BCUT2D eigenvalue weighted by molar-refractivity contribution is -0.384. The molecule has 4 N–H and O–H groups in total. The summed E-state index contributed by atoms with van der Waals surface area (Å²) in [5.74, 6) is -0.314. The van der Waals surface area contributed by atoms with Crippen molar-refractivity contribution in [3.63, 3.8) is 0 Å². The Kier molecular flexibility index (Phi) is 3.66. The lowest BCUT2D eigenvalue weighted by Gasteiger charge is -2.18. The summed E-state index contributed by atoms with van der Waals surface area (Å²) >= 11 is 0. The molecule has 1 aromatic rings. The number of hydrogen-bond donors (Lipinski definition) is 2. The van der Waals surface area contributed by atoms with Crippen LogP contribution in [-0.2, 0) is 0 Å². The van der Waals surface area contributed by atoms with E-state index in [0.29, 0.717) is 24.7 Å². The number of primary amides is 1. The Bertz CT molecular complexity index is 518. The molecule has 1 aliphatic rings. The Labute approximate surface area is 110 Å². The number of nitro benzene ring substituents is 1. The maximum Gasteiger partial charge on any atom is 0.293 e. The van der Waals surface area contributed by atoms with Crippen LogP contribution in [0.2, 0.25) is 0 Å². The van der Waals surface area contributed by atoms with E-state index < -0.39 is 10.8 Å². The molecule has 7 nitrogen and oxygen atoms in total. The first-order valence-corrected chi connectivity index (χ1v) is 6.06. The van der Waals surface area contributed by atoms with E-state index in [9.17, 15) is 14.9 Å². The van der Waals surface area contributed by atoms with E-state index >= 15 is 0 Å². The number of carbonyl (C=O) groups excluding carboxylic acids is 1. The van der Waals surface area contributed by atoms with Gasteiger partial charge in [0.25, 0.3) is 5.69 Å². The Morgan fingerprint density at radius 1 is 1.53 bits per heavy atom. The highest BCUT2D eigenvalue weighted by molar-refractivity contribution is 5.94. The molecule has 1 aromatic carbocycles. The third-order valence-electron chi connectivity index (χ3n) is 3.42. The van der Waals surface area contributed by atoms with Crippen LogP contribution in [-0.4, -0.2) is 30.5 Å². The standard InChI is InChI=1S/C12H16N4O3/c13-6-8-3-4-15(7-8)10-2-1-9(12(14)17)5-11(10)16(18)19/h1-2,5,8H,3-4,6-7,13H2,(H2,14,17). The summed E-state index contributed by atoms with van der Waals surface area (Å²) in [5, 5.41) is 11.1. The molecule has 0 aliphatic carbocycles. The molecule has 19 heavy (non-hydrogen) atoms. The SMILES string of the molecule is NCC1CCN(c2ccc(C(N)=O)cc2[N+](=O)[O-])C1. The first-order valence-electron chi connectivity index (χ1n) is 6.06. The van der Waals surface area contributed by atoms with Crippen molar-refractivity contribution in [3.8, 4) is 0 Å². The van der Waals surface area contributed by atoms with Gasteiger partial charge in [0.15, 0.2) is 0 Å². The predicted octanol–water partition coefficient (Wildman–Crippen LogP) is 0.479. The maximum atomic E-state index is 11.1. The smallest absolute Gasteiger partial charge is 0.293 e. The van der Waals surface area contributed by atoms with Crippen molar-refractivity contribution in [2.45, 2.75) is 6.42 Å². The van der Waals surface area contributed by atoms with Crippen molar-refractivity contribution in [1.82, 2.24) is 0 Å². The van der Waals surface area contributed by atoms with Gasteiger partial charge in [0.1, 0.15) is 5.69 Å². The molecule has 1 amide bonds. The highest BCUT2D eigenvalue weighted by atomic mass is 16.6. The molecule has 1 saturated heterocycles. The van der Waals surface area contributed by atoms with Crippen LogP contribution in [0.25, 0.3) is 0 Å². The van der Waals surface area contributed by atoms with Gasteiger partial charge < -0.3 is 16.4 Å². The number of benzene rings is 1. The summed E-state index contributed by atoms with van der Waals surface area (Å²) in [5.41, 5.74) is 11.3. The van der Waals surface area contributed by atoms with E-state index in [1.807, 2.05) is 4.90 Å². The Morgan fingerprint density at radius 3 is 2.79 bits per heavy atom. The van der Waals surface area contributed by atoms with Crippen LogP contribution in [0, 0.1) is 16.0 Å². The van der Waals surface area contributed by atoms with Gasteiger partial charge in [-0.05, 0) is 31.0 Å². The van der Waals surface area contributed by atoms with E-state index in [1.165, 1.54) is 12.1 Å². The van der Waals surface area contributed by atoms with Crippen molar-refractivity contribution in [1.29, 1.82) is 0 Å². The fourth-order valence-corrected chi connectivity index (χ4v) is 2.33. The molecule has 0 saturated carbocycles. The van der Waals surface area contributed by atoms with Gasteiger partial charge in [-0.2, -0.15) is 0 Å². The van der Waals surface area contributed by atoms with Crippen LogP contribution >= 0.6 is 0 Å². The fraction of sp³-hybridized carbons (Fsp3) is 0.417. The normalized spacial score (nSPS) is 18.6. The lowest BCUT2D eigenvalue weighted by Crippen LogP contribution is -2.23. The van der Waals surface area contributed by atoms with E-state index in [4.69, 9.17) is 11.5 Å². The number of nitro groups is 1. The van der Waals surface area contributed by atoms with Crippen molar-refractivity contribution >= 4 is 17.3 Å². The molecular formula is C12H16N4O3. The molecule has 0 radical (unpaired) electrons. The Balaban J connectivity index is 2.35. The van der Waals surface area contributed by atoms with Crippen LogP contribution < -0.4 is 16.4 Å². The summed E-state index contributed by atoms with van der Waals surface area (Å²) < 4.78 is 0. The zero-order valence-corrected chi connectivity index (χ0v) is 10.4. The number of amides is 1. The minimum absolute atomic E-state index is 0.0889. The van der Waals surface area contributed by atoms with Gasteiger partial charge in [-0.3, -0.25) is 14.9 Å². The minimum atomic E-state index is -0.670. The van der Waals surface area contributed by atoms with Crippen LogP contribution in [0.5, 0.6) is 0 Å². The Morgan fingerprint density at radius 2 is 2.26 bits per heavy atom. The highest BCUT2D eigenvalue weighted by Crippen LogP contribution is 2.32. The van der Waals surface area contributed by atoms with Gasteiger partial charge in [-0.15, -0.1) is 0 Å². The topological polar surface area (TPSA) is 115 Å². The van der Waals surface area contributed by atoms with E-state index in [2.05, 4.69) is 0 Å². The third kappa shape index (κ3) is 2.65. The predicted molar refractivity (Wildman–Crippen MR) is 71.0 cm³/mol. The second-order valence-electron chi connectivity index (χ2n) is 4.66. The first kappa shape index (κ1) is 13.3. The zero-order valence-electron chi connectivity index (χ0n) is 10.4. The van der Waals surface area contributed by atoms with Gasteiger partial charge in [0, 0.05) is 24.7 Å². The third-order valence-corrected chi connectivity index (χ3v) is 3.42. The molecule has 1 unspecified atom stereocenters. The van der Waals surface area contributed by atoms with Crippen LogP contribution in [0.4, 0.5) is 11.4 Å². The van der Waals surface area contributed by atoms with Gasteiger partial charge in [-0.1, -0.05) is 0 Å². The summed E-state index contributed by atoms with van der Waals surface area (Å²) in [4.78, 5) is 23.6. The number of rotatable bonds is 4. The Hall–Kier alpha value is -2.15. The minimum Gasteiger partial charge on any atom is -0.366 e. The monoisotopic (exact) mass is 264 g/mol. The van der Waals surface area contributed by atoms with Crippen molar-refractivity contribution in [3.05, 3.63) is 33.9 Å². The highest BCUT2D eigenvalue weighted by Gasteiger charge is 2.27. The molecule has 1 aliphatic heterocycles. The summed E-state index contributed by atoms with van der Waals surface area (Å²) in [6, 6.07) is 4.32. The molecule has 0 bridgehead atoms. The van der Waals surface area contributed by atoms with Crippen molar-refractivity contribution in [2.24, 2.45) is 17.4 Å². The zero-order chi connectivity index (χ0) is 14.0. The average Bonchev–Trinajstić information content (AvgIpc) is 2.86. The second-order valence-corrected chi connectivity index (χ2v) is 4.66. The van der Waals surface area contributed by atoms with Crippen LogP contribution in [0.3, 0.4) is 0 Å². The summed E-state index contributed by atoms with van der Waals surface area (Å²) in [6.45, 7) is 2.01.